The summed E-state index contributed by atoms with van der Waals surface area (Å²) in [4.78, 5) is 7.15. The number of nitrogens with one attached hydrogen (secondary N) is 1. The monoisotopic (exact) mass is 347 g/mol. The van der Waals surface area contributed by atoms with Crippen LogP contribution in [0.5, 0.6) is 11.5 Å². The zero-order chi connectivity index (χ0) is 17.7. The molecule has 0 amide bonds. The average molecular weight is 347 g/mol. The molecule has 6 nitrogen and oxygen atoms in total. The van der Waals surface area contributed by atoms with Gasteiger partial charge in [0.1, 0.15) is 0 Å². The number of guanidine groups is 1. The third kappa shape index (κ3) is 4.18. The van der Waals surface area contributed by atoms with E-state index in [2.05, 4.69) is 17.1 Å². The highest BCUT2D eigenvalue weighted by Crippen LogP contribution is 2.38. The molecule has 0 aliphatic carbocycles. The van der Waals surface area contributed by atoms with E-state index in [0.29, 0.717) is 24.3 Å². The van der Waals surface area contributed by atoms with Crippen LogP contribution < -0.4 is 10.1 Å². The maximum Gasteiger partial charge on any atom is 0.194 e. The fourth-order valence-corrected chi connectivity index (χ4v) is 3.61. The van der Waals surface area contributed by atoms with Crippen LogP contribution in [0.4, 0.5) is 0 Å². The molecular weight excluding hydrogens is 318 g/mol. The van der Waals surface area contributed by atoms with Gasteiger partial charge >= 0.3 is 0 Å². The quantitative estimate of drug-likeness (QED) is 0.632. The van der Waals surface area contributed by atoms with Crippen LogP contribution in [-0.4, -0.2) is 55.4 Å². The van der Waals surface area contributed by atoms with Crippen LogP contribution >= 0.6 is 0 Å². The van der Waals surface area contributed by atoms with E-state index in [4.69, 9.17) is 14.5 Å². The fraction of sp³-hybridized carbons (Fsp3) is 0.632. The van der Waals surface area contributed by atoms with Crippen LogP contribution in [0.1, 0.15) is 32.3 Å². The summed E-state index contributed by atoms with van der Waals surface area (Å²) in [6, 6.07) is 5.42. The Kier molecular flexibility index (Phi) is 5.68. The zero-order valence-electron chi connectivity index (χ0n) is 15.3. The Hall–Kier alpha value is -1.95. The van der Waals surface area contributed by atoms with Gasteiger partial charge < -0.3 is 24.8 Å². The molecule has 0 radical (unpaired) electrons. The number of hydrogen-bond acceptors (Lipinski definition) is 4. The Morgan fingerprint density at radius 1 is 1.40 bits per heavy atom. The maximum absolute atomic E-state index is 9.82. The van der Waals surface area contributed by atoms with E-state index >= 15 is 0 Å². The van der Waals surface area contributed by atoms with E-state index in [0.717, 1.165) is 50.8 Å². The molecule has 2 N–H and O–H groups in total. The topological polar surface area (TPSA) is 66.3 Å². The number of aromatic hydroxyl groups is 1. The largest absolute Gasteiger partial charge is 0.504 e. The lowest BCUT2D eigenvalue weighted by Crippen LogP contribution is -2.41. The first kappa shape index (κ1) is 17.9. The standard InChI is InChI=1S/C19H29N3O3/c1-3-20-18(22-9-7-19(13-22)8-10-24-14-19)21-12-15-5-6-16(23)17(11-15)25-4-2/h5-6,11,23H,3-4,7-10,12-14H2,1-2H3,(H,20,21). The van der Waals surface area contributed by atoms with Gasteiger partial charge in [0.15, 0.2) is 17.5 Å². The number of phenolic OH excluding ortho intramolecular Hbond substituents is 1. The van der Waals surface area contributed by atoms with Gasteiger partial charge in [-0.3, -0.25) is 0 Å². The van der Waals surface area contributed by atoms with E-state index in [-0.39, 0.29) is 5.75 Å². The summed E-state index contributed by atoms with van der Waals surface area (Å²) >= 11 is 0. The molecule has 0 aromatic heterocycles. The number of nitrogens with zero attached hydrogens (tertiary/aromatic N) is 2. The van der Waals surface area contributed by atoms with Crippen molar-refractivity contribution in [3.8, 4) is 11.5 Å². The van der Waals surface area contributed by atoms with E-state index in [1.165, 1.54) is 6.42 Å². The van der Waals surface area contributed by atoms with Crippen molar-refractivity contribution < 1.29 is 14.6 Å². The Balaban J connectivity index is 1.69. The third-order valence-corrected chi connectivity index (χ3v) is 4.99. The highest BCUT2D eigenvalue weighted by Gasteiger charge is 2.42. The van der Waals surface area contributed by atoms with Gasteiger partial charge in [0, 0.05) is 31.7 Å². The van der Waals surface area contributed by atoms with Gasteiger partial charge in [-0.1, -0.05) is 6.07 Å². The maximum atomic E-state index is 9.82. The Morgan fingerprint density at radius 3 is 3.00 bits per heavy atom. The summed E-state index contributed by atoms with van der Waals surface area (Å²) in [5.74, 6) is 1.64. The molecule has 138 valence electrons. The molecule has 1 aromatic carbocycles. The van der Waals surface area contributed by atoms with E-state index in [1.54, 1.807) is 6.07 Å². The van der Waals surface area contributed by atoms with Crippen LogP contribution in [0.2, 0.25) is 0 Å². The number of ether oxygens (including phenoxy) is 2. The number of aliphatic imine (C=N–C) groups is 1. The van der Waals surface area contributed by atoms with Gasteiger partial charge in [0.05, 0.1) is 19.8 Å². The van der Waals surface area contributed by atoms with Crippen molar-refractivity contribution in [2.75, 3.05) is 39.5 Å². The molecule has 0 bridgehead atoms. The molecule has 0 saturated carbocycles. The van der Waals surface area contributed by atoms with Crippen molar-refractivity contribution in [1.82, 2.24) is 10.2 Å². The lowest BCUT2D eigenvalue weighted by Gasteiger charge is -2.25. The molecule has 25 heavy (non-hydrogen) atoms. The SMILES string of the molecule is CCNC(=NCc1ccc(O)c(OCC)c1)N1CCC2(CCOC2)C1. The summed E-state index contributed by atoms with van der Waals surface area (Å²) in [6.07, 6.45) is 2.32. The molecule has 1 unspecified atom stereocenters. The van der Waals surface area contributed by atoms with Crippen molar-refractivity contribution in [1.29, 1.82) is 0 Å². The lowest BCUT2D eigenvalue weighted by molar-refractivity contribution is 0.156. The minimum atomic E-state index is 0.171. The van der Waals surface area contributed by atoms with Gasteiger partial charge in [-0.05, 0) is 44.4 Å². The minimum Gasteiger partial charge on any atom is -0.504 e. The fourth-order valence-electron chi connectivity index (χ4n) is 3.61. The molecule has 6 heteroatoms. The molecule has 1 aromatic rings. The van der Waals surface area contributed by atoms with Gasteiger partial charge in [0.2, 0.25) is 0 Å². The Labute approximate surface area is 149 Å². The van der Waals surface area contributed by atoms with Crippen LogP contribution in [0.3, 0.4) is 0 Å². The van der Waals surface area contributed by atoms with E-state index in [1.807, 2.05) is 19.1 Å². The summed E-state index contributed by atoms with van der Waals surface area (Å²) in [5.41, 5.74) is 1.34. The van der Waals surface area contributed by atoms with Crippen LogP contribution in [0, 0.1) is 5.41 Å². The number of benzene rings is 1. The molecule has 3 rings (SSSR count). The number of rotatable bonds is 5. The number of likely N-dealkylation sites (tertiary alicyclic amines) is 1. The smallest absolute Gasteiger partial charge is 0.194 e. The minimum absolute atomic E-state index is 0.171. The van der Waals surface area contributed by atoms with Crippen LogP contribution in [-0.2, 0) is 11.3 Å². The Bertz CT molecular complexity index is 612. The molecule has 1 spiro atoms. The van der Waals surface area contributed by atoms with Crippen molar-refractivity contribution in [2.45, 2.75) is 33.2 Å². The van der Waals surface area contributed by atoms with Crippen molar-refractivity contribution in [2.24, 2.45) is 10.4 Å². The van der Waals surface area contributed by atoms with E-state index < -0.39 is 0 Å². The van der Waals surface area contributed by atoms with Gasteiger partial charge in [0.25, 0.3) is 0 Å². The predicted molar refractivity (Wildman–Crippen MR) is 98.2 cm³/mol. The van der Waals surface area contributed by atoms with Gasteiger partial charge in [-0.15, -0.1) is 0 Å². The predicted octanol–water partition coefficient (Wildman–Crippen LogP) is 2.37. The summed E-state index contributed by atoms with van der Waals surface area (Å²) in [6.45, 7) is 9.72. The third-order valence-electron chi connectivity index (χ3n) is 4.99. The van der Waals surface area contributed by atoms with Crippen LogP contribution in [0.25, 0.3) is 0 Å². The van der Waals surface area contributed by atoms with Crippen molar-refractivity contribution >= 4 is 5.96 Å². The first-order valence-electron chi connectivity index (χ1n) is 9.21. The highest BCUT2D eigenvalue weighted by atomic mass is 16.5. The van der Waals surface area contributed by atoms with Crippen molar-refractivity contribution in [3.05, 3.63) is 23.8 Å². The Morgan fingerprint density at radius 2 is 2.28 bits per heavy atom. The molecule has 2 fully saturated rings. The second-order valence-electron chi connectivity index (χ2n) is 6.88. The molecule has 2 saturated heterocycles. The highest BCUT2D eigenvalue weighted by molar-refractivity contribution is 5.80. The molecule has 2 aliphatic heterocycles. The first-order valence-corrected chi connectivity index (χ1v) is 9.21. The molecule has 2 heterocycles. The molecule has 2 aliphatic rings. The van der Waals surface area contributed by atoms with Gasteiger partial charge in [-0.2, -0.15) is 0 Å². The summed E-state index contributed by atoms with van der Waals surface area (Å²) in [5, 5.41) is 13.2. The first-order chi connectivity index (χ1) is 12.2. The van der Waals surface area contributed by atoms with Crippen molar-refractivity contribution in [3.63, 3.8) is 0 Å². The average Bonchev–Trinajstić information content (AvgIpc) is 3.25. The second kappa shape index (κ2) is 7.95. The number of phenols is 1. The zero-order valence-corrected chi connectivity index (χ0v) is 15.3. The number of hydrogen-bond donors (Lipinski definition) is 2. The normalized spacial score (nSPS) is 23.4. The lowest BCUT2D eigenvalue weighted by atomic mass is 9.87. The summed E-state index contributed by atoms with van der Waals surface area (Å²) < 4.78 is 11.1. The van der Waals surface area contributed by atoms with Gasteiger partial charge in [-0.25, -0.2) is 4.99 Å². The summed E-state index contributed by atoms with van der Waals surface area (Å²) in [7, 11) is 0. The molecular formula is C19H29N3O3. The second-order valence-corrected chi connectivity index (χ2v) is 6.88. The van der Waals surface area contributed by atoms with Crippen LogP contribution in [0.15, 0.2) is 23.2 Å². The van der Waals surface area contributed by atoms with E-state index in [9.17, 15) is 5.11 Å². The molecule has 1 atom stereocenters.